The summed E-state index contributed by atoms with van der Waals surface area (Å²) in [5.74, 6) is -0.793. The highest BCUT2D eigenvalue weighted by molar-refractivity contribution is 8.00. The van der Waals surface area contributed by atoms with Crippen molar-refractivity contribution < 1.29 is 14.3 Å². The number of carbonyl (C=O) groups is 2. The molecule has 0 spiro atoms. The topological polar surface area (TPSA) is 82.7 Å². The van der Waals surface area contributed by atoms with Crippen LogP contribution in [0.15, 0.2) is 58.4 Å². The predicted octanol–water partition coefficient (Wildman–Crippen LogP) is 4.09. The van der Waals surface area contributed by atoms with Crippen LogP contribution in [0.1, 0.15) is 30.2 Å². The lowest BCUT2D eigenvalue weighted by Crippen LogP contribution is -2.32. The van der Waals surface area contributed by atoms with Gasteiger partial charge in [-0.2, -0.15) is 0 Å². The summed E-state index contributed by atoms with van der Waals surface area (Å²) >= 11 is 2.42. The third-order valence-electron chi connectivity index (χ3n) is 6.54. The van der Waals surface area contributed by atoms with Gasteiger partial charge in [0.1, 0.15) is 11.0 Å². The number of ether oxygens (including phenoxy) is 1. The number of carbonyl (C=O) groups excluding carboxylic acids is 2. The van der Waals surface area contributed by atoms with E-state index in [-0.39, 0.29) is 22.6 Å². The van der Waals surface area contributed by atoms with Crippen molar-refractivity contribution in [3.8, 4) is 5.75 Å². The molecule has 2 aliphatic rings. The number of rotatable bonds is 6. The van der Waals surface area contributed by atoms with E-state index in [4.69, 9.17) is 4.74 Å². The molecule has 1 aromatic heterocycles. The number of nitrogens with zero attached hydrogens (tertiary/aromatic N) is 2. The Morgan fingerprint density at radius 3 is 2.26 bits per heavy atom. The number of benzene rings is 2. The quantitative estimate of drug-likeness (QED) is 0.519. The lowest BCUT2D eigenvalue weighted by molar-refractivity contribution is -0.122. The van der Waals surface area contributed by atoms with E-state index in [1.54, 1.807) is 31.4 Å². The van der Waals surface area contributed by atoms with E-state index in [9.17, 15) is 14.4 Å². The lowest BCUT2D eigenvalue weighted by Gasteiger charge is -2.30. The summed E-state index contributed by atoms with van der Waals surface area (Å²) in [4.78, 5) is 46.5. The fourth-order valence-corrected chi connectivity index (χ4v) is 7.36. The minimum atomic E-state index is -0.597. The summed E-state index contributed by atoms with van der Waals surface area (Å²) in [6.45, 7) is 6.02. The smallest absolute Gasteiger partial charge is 0.305 e. The maximum atomic E-state index is 13.7. The Morgan fingerprint density at radius 1 is 0.971 bits per heavy atom. The summed E-state index contributed by atoms with van der Waals surface area (Å²) in [5.41, 5.74) is 2.56. The molecule has 0 aliphatic carbocycles. The SMILES string of the molecule is CCN(CC)c1ccc([C@@H]2c3sc(=O)[nH]c3S[C@H]3C(=O)N(c4ccc(OC)cc4)C(=O)[C@@H]23)cc1. The van der Waals surface area contributed by atoms with Gasteiger partial charge in [0.15, 0.2) is 0 Å². The zero-order chi connectivity index (χ0) is 24.0. The van der Waals surface area contributed by atoms with Crippen molar-refractivity contribution in [2.75, 3.05) is 30.0 Å². The largest absolute Gasteiger partial charge is 0.497 e. The van der Waals surface area contributed by atoms with Crippen molar-refractivity contribution in [3.05, 3.63) is 68.6 Å². The molecule has 0 bridgehead atoms. The van der Waals surface area contributed by atoms with Crippen LogP contribution >= 0.6 is 23.1 Å². The highest BCUT2D eigenvalue weighted by atomic mass is 32.2. The molecule has 2 amide bonds. The summed E-state index contributed by atoms with van der Waals surface area (Å²) < 4.78 is 5.21. The molecule has 1 fully saturated rings. The second-order valence-electron chi connectivity index (χ2n) is 8.22. The van der Waals surface area contributed by atoms with Crippen molar-refractivity contribution in [1.82, 2.24) is 4.98 Å². The van der Waals surface area contributed by atoms with Crippen LogP contribution in [0.25, 0.3) is 0 Å². The van der Waals surface area contributed by atoms with Crippen LogP contribution in [0.2, 0.25) is 0 Å². The molecule has 3 heterocycles. The second-order valence-corrected chi connectivity index (χ2v) is 10.4. The van der Waals surface area contributed by atoms with Crippen LogP contribution in [0, 0.1) is 5.92 Å². The third-order valence-corrected chi connectivity index (χ3v) is 8.94. The number of nitrogens with one attached hydrogen (secondary N) is 1. The molecule has 7 nitrogen and oxygen atoms in total. The monoisotopic (exact) mass is 495 g/mol. The molecule has 0 radical (unpaired) electrons. The molecule has 9 heteroatoms. The molecule has 1 saturated heterocycles. The van der Waals surface area contributed by atoms with Crippen LogP contribution in [-0.2, 0) is 9.59 Å². The predicted molar refractivity (Wildman–Crippen MR) is 135 cm³/mol. The van der Waals surface area contributed by atoms with Crippen LogP contribution in [0.5, 0.6) is 5.75 Å². The Balaban J connectivity index is 1.57. The summed E-state index contributed by atoms with van der Waals surface area (Å²) in [6.07, 6.45) is 0. The summed E-state index contributed by atoms with van der Waals surface area (Å²) in [5, 5.41) is 0.0895. The highest BCUT2D eigenvalue weighted by Gasteiger charge is 2.56. The van der Waals surface area contributed by atoms with Gasteiger partial charge in [-0.3, -0.25) is 14.4 Å². The first-order valence-electron chi connectivity index (χ1n) is 11.2. The van der Waals surface area contributed by atoms with Gasteiger partial charge in [0.05, 0.1) is 23.7 Å². The molecular formula is C25H25N3O4S2. The molecule has 2 aromatic carbocycles. The fourth-order valence-electron chi connectivity index (χ4n) is 4.84. The van der Waals surface area contributed by atoms with E-state index in [2.05, 4.69) is 35.9 Å². The van der Waals surface area contributed by atoms with Crippen LogP contribution in [0.3, 0.4) is 0 Å². The van der Waals surface area contributed by atoms with Crippen molar-refractivity contribution in [2.45, 2.75) is 30.0 Å². The van der Waals surface area contributed by atoms with Crippen LogP contribution in [-0.4, -0.2) is 42.2 Å². The maximum absolute atomic E-state index is 13.7. The molecule has 3 aromatic rings. The normalized spacial score (nSPS) is 21.4. The minimum Gasteiger partial charge on any atom is -0.497 e. The average molecular weight is 496 g/mol. The molecule has 0 unspecified atom stereocenters. The Bertz CT molecular complexity index is 1280. The molecule has 0 saturated carbocycles. The van der Waals surface area contributed by atoms with Crippen molar-refractivity contribution in [2.24, 2.45) is 5.92 Å². The second kappa shape index (κ2) is 8.96. The summed E-state index contributed by atoms with van der Waals surface area (Å²) in [7, 11) is 1.57. The first kappa shape index (κ1) is 22.7. The summed E-state index contributed by atoms with van der Waals surface area (Å²) in [6, 6.07) is 15.1. The Labute approximate surface area is 205 Å². The van der Waals surface area contributed by atoms with Crippen LogP contribution < -0.4 is 19.4 Å². The number of methoxy groups -OCH3 is 1. The first-order chi connectivity index (χ1) is 16.5. The van der Waals surface area contributed by atoms with Gasteiger partial charge in [0.25, 0.3) is 0 Å². The average Bonchev–Trinajstić information content (AvgIpc) is 3.35. The lowest BCUT2D eigenvalue weighted by atomic mass is 9.83. The third kappa shape index (κ3) is 3.63. The standard InChI is InChI=1S/C25H25N3O4S2/c1-4-27(5-2)15-8-6-14(7-9-15)18-19-21(33-22-20(18)34-25(31)26-22)24(30)28(23(19)29)16-10-12-17(32-3)13-11-16/h6-13,18-19,21H,4-5H2,1-3H3,(H,26,31)/t18-,19-,21+/m0/s1. The van der Waals surface area contributed by atoms with E-state index in [1.807, 2.05) is 12.1 Å². The Kier molecular flexibility index (Phi) is 5.99. The van der Waals surface area contributed by atoms with Crippen molar-refractivity contribution in [1.29, 1.82) is 0 Å². The Morgan fingerprint density at radius 2 is 1.65 bits per heavy atom. The number of aromatic amines is 1. The number of anilines is 2. The molecule has 2 aliphatic heterocycles. The molecular weight excluding hydrogens is 470 g/mol. The van der Waals surface area contributed by atoms with E-state index < -0.39 is 11.2 Å². The van der Waals surface area contributed by atoms with E-state index in [0.717, 1.165) is 40.6 Å². The number of thioether (sulfide) groups is 1. The number of amides is 2. The molecule has 34 heavy (non-hydrogen) atoms. The van der Waals surface area contributed by atoms with Gasteiger partial charge in [-0.05, 0) is 55.8 Å². The van der Waals surface area contributed by atoms with Gasteiger partial charge in [-0.25, -0.2) is 4.90 Å². The zero-order valence-electron chi connectivity index (χ0n) is 19.1. The number of H-pyrrole nitrogens is 1. The van der Waals surface area contributed by atoms with Gasteiger partial charge < -0.3 is 14.6 Å². The van der Waals surface area contributed by atoms with Gasteiger partial charge in [0.2, 0.25) is 11.8 Å². The molecule has 176 valence electrons. The van der Waals surface area contributed by atoms with E-state index >= 15 is 0 Å². The Hall–Kier alpha value is -3.04. The van der Waals surface area contributed by atoms with Gasteiger partial charge in [-0.1, -0.05) is 35.2 Å². The van der Waals surface area contributed by atoms with E-state index in [0.29, 0.717) is 16.5 Å². The number of thiazole rings is 1. The van der Waals surface area contributed by atoms with Crippen LogP contribution in [0.4, 0.5) is 11.4 Å². The number of fused-ring (bicyclic) bond motifs is 2. The number of hydrogen-bond acceptors (Lipinski definition) is 7. The minimum absolute atomic E-state index is 0.172. The molecule has 3 atom stereocenters. The van der Waals surface area contributed by atoms with Crippen molar-refractivity contribution in [3.63, 3.8) is 0 Å². The van der Waals surface area contributed by atoms with Gasteiger partial charge >= 0.3 is 4.87 Å². The first-order valence-corrected chi connectivity index (χ1v) is 12.9. The highest BCUT2D eigenvalue weighted by Crippen LogP contribution is 2.53. The van der Waals surface area contributed by atoms with Gasteiger partial charge in [0, 0.05) is 29.6 Å². The van der Waals surface area contributed by atoms with E-state index in [1.165, 1.54) is 16.7 Å². The number of aromatic nitrogens is 1. The molecule has 1 N–H and O–H groups in total. The number of imide groups is 1. The zero-order valence-corrected chi connectivity index (χ0v) is 20.7. The maximum Gasteiger partial charge on any atom is 0.305 e. The molecule has 5 rings (SSSR count). The number of hydrogen-bond donors (Lipinski definition) is 1. The van der Waals surface area contributed by atoms with Gasteiger partial charge in [-0.15, -0.1) is 0 Å². The fraction of sp³-hybridized carbons (Fsp3) is 0.320. The van der Waals surface area contributed by atoms with Crippen molar-refractivity contribution >= 4 is 46.3 Å².